The number of aryl methyl sites for hydroxylation is 1. The second-order valence-corrected chi connectivity index (χ2v) is 6.55. The lowest BCUT2D eigenvalue weighted by atomic mass is 10.1. The molecule has 0 bridgehead atoms. The Morgan fingerprint density at radius 2 is 1.67 bits per heavy atom. The summed E-state index contributed by atoms with van der Waals surface area (Å²) >= 11 is 0. The Labute approximate surface area is 141 Å². The first kappa shape index (κ1) is 17.7. The Morgan fingerprint density at radius 3 is 2.25 bits per heavy atom. The SMILES string of the molecule is CCOC(=O)/C(=C/OS(=O)(=O)c1ccc(C)cc1)c1ccccc1. The van der Waals surface area contributed by atoms with Gasteiger partial charge in [-0.15, -0.1) is 0 Å². The Balaban J connectivity index is 2.33. The van der Waals surface area contributed by atoms with Crippen molar-refractivity contribution in [2.45, 2.75) is 18.7 Å². The highest BCUT2D eigenvalue weighted by Crippen LogP contribution is 2.19. The van der Waals surface area contributed by atoms with E-state index in [1.165, 1.54) is 12.1 Å². The number of hydrogen-bond donors (Lipinski definition) is 0. The Kier molecular flexibility index (Phi) is 5.76. The fourth-order valence-electron chi connectivity index (χ4n) is 1.93. The molecule has 0 atom stereocenters. The van der Waals surface area contributed by atoms with Gasteiger partial charge in [0.25, 0.3) is 0 Å². The van der Waals surface area contributed by atoms with Gasteiger partial charge in [-0.3, -0.25) is 0 Å². The van der Waals surface area contributed by atoms with Gasteiger partial charge in [0.15, 0.2) is 0 Å². The van der Waals surface area contributed by atoms with Gasteiger partial charge in [0, 0.05) is 0 Å². The predicted molar refractivity (Wildman–Crippen MR) is 90.5 cm³/mol. The fourth-order valence-corrected chi connectivity index (χ4v) is 2.74. The first-order valence-corrected chi connectivity index (χ1v) is 8.77. The van der Waals surface area contributed by atoms with E-state index in [9.17, 15) is 13.2 Å². The molecule has 0 saturated carbocycles. The summed E-state index contributed by atoms with van der Waals surface area (Å²) in [5.41, 5.74) is 1.48. The van der Waals surface area contributed by atoms with E-state index in [1.807, 2.05) is 6.92 Å². The minimum absolute atomic E-state index is 0.0145. The summed E-state index contributed by atoms with van der Waals surface area (Å²) in [6.07, 6.45) is 0.919. The van der Waals surface area contributed by atoms with Crippen molar-refractivity contribution in [2.75, 3.05) is 6.61 Å². The van der Waals surface area contributed by atoms with Crippen molar-refractivity contribution in [2.24, 2.45) is 0 Å². The standard InChI is InChI=1S/C18H18O5S/c1-3-22-18(19)17(15-7-5-4-6-8-15)13-23-24(20,21)16-11-9-14(2)10-12-16/h4-13H,3H2,1-2H3/b17-13+. The molecule has 0 spiro atoms. The Hall–Kier alpha value is -2.60. The molecule has 0 radical (unpaired) electrons. The molecule has 126 valence electrons. The Morgan fingerprint density at radius 1 is 1.04 bits per heavy atom. The van der Waals surface area contributed by atoms with Gasteiger partial charge in [-0.05, 0) is 31.5 Å². The van der Waals surface area contributed by atoms with Crippen molar-refractivity contribution in [1.82, 2.24) is 0 Å². The number of benzene rings is 2. The molecule has 0 aliphatic rings. The van der Waals surface area contributed by atoms with Crippen LogP contribution in [0.1, 0.15) is 18.1 Å². The molecule has 2 rings (SSSR count). The molecule has 0 aromatic heterocycles. The molecule has 0 fully saturated rings. The predicted octanol–water partition coefficient (Wildman–Crippen LogP) is 3.30. The van der Waals surface area contributed by atoms with Crippen LogP contribution in [0.4, 0.5) is 0 Å². The molecule has 0 heterocycles. The topological polar surface area (TPSA) is 69.7 Å². The average molecular weight is 346 g/mol. The lowest BCUT2D eigenvalue weighted by Gasteiger charge is -2.08. The van der Waals surface area contributed by atoms with Crippen molar-refractivity contribution in [3.8, 4) is 0 Å². The van der Waals surface area contributed by atoms with Crippen LogP contribution in [0.15, 0.2) is 65.8 Å². The van der Waals surface area contributed by atoms with Crippen molar-refractivity contribution in [3.63, 3.8) is 0 Å². The van der Waals surface area contributed by atoms with Crippen molar-refractivity contribution >= 4 is 21.7 Å². The normalized spacial score (nSPS) is 11.8. The van der Waals surface area contributed by atoms with E-state index in [0.29, 0.717) is 5.56 Å². The summed E-state index contributed by atoms with van der Waals surface area (Å²) in [5, 5.41) is 0. The summed E-state index contributed by atoms with van der Waals surface area (Å²) in [4.78, 5) is 12.1. The minimum atomic E-state index is -4.01. The van der Waals surface area contributed by atoms with Crippen LogP contribution in [0.25, 0.3) is 5.57 Å². The van der Waals surface area contributed by atoms with Crippen LogP contribution >= 0.6 is 0 Å². The van der Waals surface area contributed by atoms with Crippen LogP contribution in [-0.4, -0.2) is 21.0 Å². The zero-order valence-electron chi connectivity index (χ0n) is 13.4. The van der Waals surface area contributed by atoms with Crippen LogP contribution < -0.4 is 0 Å². The smallest absolute Gasteiger partial charge is 0.341 e. The Bertz CT molecular complexity index is 821. The molecule has 0 saturated heterocycles. The van der Waals surface area contributed by atoms with Crippen LogP contribution in [0.5, 0.6) is 0 Å². The maximum atomic E-state index is 12.2. The fraction of sp³-hybridized carbons (Fsp3) is 0.167. The summed E-state index contributed by atoms with van der Waals surface area (Å²) in [7, 11) is -4.01. The maximum absolute atomic E-state index is 12.2. The molecule has 2 aromatic rings. The number of rotatable bonds is 6. The highest BCUT2D eigenvalue weighted by molar-refractivity contribution is 7.86. The van der Waals surface area contributed by atoms with E-state index in [0.717, 1.165) is 11.8 Å². The van der Waals surface area contributed by atoms with Gasteiger partial charge >= 0.3 is 16.1 Å². The molecular formula is C18H18O5S. The van der Waals surface area contributed by atoms with Gasteiger partial charge in [0.1, 0.15) is 16.7 Å². The van der Waals surface area contributed by atoms with Crippen LogP contribution in [0.2, 0.25) is 0 Å². The number of carbonyl (C=O) groups is 1. The number of esters is 1. The van der Waals surface area contributed by atoms with Gasteiger partial charge in [-0.2, -0.15) is 8.42 Å². The van der Waals surface area contributed by atoms with Crippen LogP contribution in [0, 0.1) is 6.92 Å². The first-order valence-electron chi connectivity index (χ1n) is 7.36. The summed E-state index contributed by atoms with van der Waals surface area (Å²) < 4.78 is 34.4. The summed E-state index contributed by atoms with van der Waals surface area (Å²) in [6.45, 7) is 3.70. The largest absolute Gasteiger partial charge is 0.462 e. The zero-order valence-corrected chi connectivity index (χ0v) is 14.2. The molecule has 5 nitrogen and oxygen atoms in total. The van der Waals surface area contributed by atoms with Gasteiger partial charge in [0.05, 0.1) is 6.61 Å². The monoisotopic (exact) mass is 346 g/mol. The number of ether oxygens (including phenoxy) is 1. The molecule has 0 aliphatic heterocycles. The second kappa shape index (κ2) is 7.79. The molecule has 6 heteroatoms. The van der Waals surface area contributed by atoms with Crippen LogP contribution in [-0.2, 0) is 23.8 Å². The highest BCUT2D eigenvalue weighted by atomic mass is 32.2. The molecule has 0 aliphatic carbocycles. The van der Waals surface area contributed by atoms with Crippen molar-refractivity contribution in [1.29, 1.82) is 0 Å². The summed E-state index contributed by atoms with van der Waals surface area (Å²) in [5.74, 6) is -0.650. The molecule has 0 N–H and O–H groups in total. The third kappa shape index (κ3) is 4.45. The van der Waals surface area contributed by atoms with Gasteiger partial charge < -0.3 is 8.92 Å². The third-order valence-electron chi connectivity index (χ3n) is 3.18. The first-order chi connectivity index (χ1) is 11.4. The molecule has 2 aromatic carbocycles. The zero-order chi connectivity index (χ0) is 17.6. The van der Waals surface area contributed by atoms with Crippen molar-refractivity contribution in [3.05, 3.63) is 72.0 Å². The van der Waals surface area contributed by atoms with E-state index >= 15 is 0 Å². The van der Waals surface area contributed by atoms with E-state index in [1.54, 1.807) is 49.4 Å². The van der Waals surface area contributed by atoms with E-state index < -0.39 is 16.1 Å². The maximum Gasteiger partial charge on any atom is 0.341 e. The van der Waals surface area contributed by atoms with E-state index in [-0.39, 0.29) is 17.1 Å². The quantitative estimate of drug-likeness (QED) is 0.347. The van der Waals surface area contributed by atoms with E-state index in [2.05, 4.69) is 0 Å². The third-order valence-corrected chi connectivity index (χ3v) is 4.38. The highest BCUT2D eigenvalue weighted by Gasteiger charge is 2.18. The second-order valence-electron chi connectivity index (χ2n) is 4.98. The number of carbonyl (C=O) groups excluding carboxylic acids is 1. The lowest BCUT2D eigenvalue weighted by Crippen LogP contribution is -2.09. The van der Waals surface area contributed by atoms with E-state index in [4.69, 9.17) is 8.92 Å². The summed E-state index contributed by atoms with van der Waals surface area (Å²) in [6, 6.07) is 14.8. The average Bonchev–Trinajstić information content (AvgIpc) is 2.56. The minimum Gasteiger partial charge on any atom is -0.462 e. The molecule has 0 unspecified atom stereocenters. The molecular weight excluding hydrogens is 328 g/mol. The van der Waals surface area contributed by atoms with Crippen molar-refractivity contribution < 1.29 is 22.1 Å². The number of hydrogen-bond acceptors (Lipinski definition) is 5. The van der Waals surface area contributed by atoms with Gasteiger partial charge in [-0.25, -0.2) is 4.79 Å². The molecule has 24 heavy (non-hydrogen) atoms. The van der Waals surface area contributed by atoms with Gasteiger partial charge in [0.2, 0.25) is 0 Å². The molecule has 0 amide bonds. The van der Waals surface area contributed by atoms with Crippen LogP contribution in [0.3, 0.4) is 0 Å². The van der Waals surface area contributed by atoms with Gasteiger partial charge in [-0.1, -0.05) is 48.0 Å². The lowest BCUT2D eigenvalue weighted by molar-refractivity contribution is -0.136.